The Morgan fingerprint density at radius 1 is 0.900 bits per heavy atom. The summed E-state index contributed by atoms with van der Waals surface area (Å²) in [5, 5.41) is 4.90. The largest absolute Gasteiger partial charge is 0.322 e. The third-order valence-corrected chi connectivity index (χ3v) is 5.68. The van der Waals surface area contributed by atoms with Crippen molar-refractivity contribution < 1.29 is 4.79 Å². The van der Waals surface area contributed by atoms with Crippen molar-refractivity contribution in [1.82, 2.24) is 14.4 Å². The Bertz CT molecular complexity index is 1350. The van der Waals surface area contributed by atoms with Crippen LogP contribution in [-0.2, 0) is 4.79 Å². The highest BCUT2D eigenvalue weighted by Gasteiger charge is 2.11. The molecule has 0 saturated heterocycles. The van der Waals surface area contributed by atoms with Crippen LogP contribution in [0.15, 0.2) is 96.3 Å². The summed E-state index contributed by atoms with van der Waals surface area (Å²) in [6, 6.07) is 25.7. The van der Waals surface area contributed by atoms with Crippen LogP contribution in [-0.4, -0.2) is 26.0 Å². The highest BCUT2D eigenvalue weighted by molar-refractivity contribution is 7.99. The number of nitrogens with zero attached hydrogens (tertiary/aromatic N) is 3. The van der Waals surface area contributed by atoms with Crippen LogP contribution in [0.3, 0.4) is 0 Å². The zero-order valence-corrected chi connectivity index (χ0v) is 16.8. The summed E-state index contributed by atoms with van der Waals surface area (Å²) in [4.78, 5) is 21.9. The molecule has 3 aromatic heterocycles. The van der Waals surface area contributed by atoms with Gasteiger partial charge in [0.05, 0.1) is 27.7 Å². The van der Waals surface area contributed by atoms with Gasteiger partial charge in [-0.3, -0.25) is 4.79 Å². The number of fused-ring (bicyclic) bond motifs is 2. The lowest BCUT2D eigenvalue weighted by Crippen LogP contribution is -2.14. The predicted molar refractivity (Wildman–Crippen MR) is 122 cm³/mol. The molecule has 0 bridgehead atoms. The second-order valence-electron chi connectivity index (χ2n) is 6.82. The molecule has 0 saturated carbocycles. The zero-order valence-electron chi connectivity index (χ0n) is 16.0. The van der Waals surface area contributed by atoms with Crippen molar-refractivity contribution in [2.24, 2.45) is 0 Å². The first-order chi connectivity index (χ1) is 14.8. The monoisotopic (exact) mass is 410 g/mol. The zero-order chi connectivity index (χ0) is 20.3. The number of hydrogen-bond acceptors (Lipinski definition) is 4. The van der Waals surface area contributed by atoms with Crippen molar-refractivity contribution in [3.05, 3.63) is 91.3 Å². The fourth-order valence-electron chi connectivity index (χ4n) is 3.31. The number of carbonyl (C=O) groups is 1. The first-order valence-corrected chi connectivity index (χ1v) is 10.6. The van der Waals surface area contributed by atoms with Crippen LogP contribution in [0.1, 0.15) is 0 Å². The maximum absolute atomic E-state index is 12.6. The molecule has 2 aromatic carbocycles. The second-order valence-corrected chi connectivity index (χ2v) is 7.82. The van der Waals surface area contributed by atoms with Gasteiger partial charge in [-0.05, 0) is 24.3 Å². The van der Waals surface area contributed by atoms with E-state index in [0.717, 1.165) is 32.8 Å². The van der Waals surface area contributed by atoms with Crippen LogP contribution in [0.25, 0.3) is 27.8 Å². The Morgan fingerprint density at radius 2 is 1.73 bits per heavy atom. The van der Waals surface area contributed by atoms with E-state index < -0.39 is 0 Å². The lowest BCUT2D eigenvalue weighted by atomic mass is 10.2. The number of para-hydroxylation sites is 1. The molecule has 1 N–H and O–H groups in total. The van der Waals surface area contributed by atoms with Crippen LogP contribution < -0.4 is 5.32 Å². The van der Waals surface area contributed by atoms with Gasteiger partial charge in [0, 0.05) is 23.3 Å². The molecule has 5 nitrogen and oxygen atoms in total. The molecule has 0 unspecified atom stereocenters. The normalized spacial score (nSPS) is 11.1. The Balaban J connectivity index is 1.32. The summed E-state index contributed by atoms with van der Waals surface area (Å²) >= 11 is 1.42. The number of rotatable bonds is 5. The molecule has 5 rings (SSSR count). The fourth-order valence-corrected chi connectivity index (χ4v) is 3.99. The molecule has 0 aliphatic rings. The molecule has 0 spiro atoms. The van der Waals surface area contributed by atoms with Gasteiger partial charge >= 0.3 is 0 Å². The molecule has 0 radical (unpaired) electrons. The van der Waals surface area contributed by atoms with Crippen LogP contribution >= 0.6 is 11.8 Å². The third kappa shape index (κ3) is 3.77. The van der Waals surface area contributed by atoms with E-state index in [0.29, 0.717) is 5.69 Å². The Hall–Kier alpha value is -3.64. The standard InChI is InChI=1S/C24H18N4OS/c29-22(16-30-23-13-12-18-9-4-5-10-19(18)26-23)25-20-11-6-14-28-15-21(27-24(20)28)17-7-2-1-3-8-17/h1-15H,16H2,(H,25,29). The topological polar surface area (TPSA) is 59.3 Å². The minimum absolute atomic E-state index is 0.0904. The summed E-state index contributed by atoms with van der Waals surface area (Å²) in [5.41, 5.74) is 4.25. The van der Waals surface area contributed by atoms with Gasteiger partial charge in [0.1, 0.15) is 0 Å². The number of thioether (sulfide) groups is 1. The Morgan fingerprint density at radius 3 is 2.63 bits per heavy atom. The quantitative estimate of drug-likeness (QED) is 0.401. The third-order valence-electron chi connectivity index (χ3n) is 4.75. The molecule has 1 amide bonds. The Kier molecular flexibility index (Phi) is 4.91. The highest BCUT2D eigenvalue weighted by Crippen LogP contribution is 2.24. The van der Waals surface area contributed by atoms with Gasteiger partial charge in [0.15, 0.2) is 5.65 Å². The predicted octanol–water partition coefficient (Wildman–Crippen LogP) is 5.28. The van der Waals surface area contributed by atoms with Crippen molar-refractivity contribution in [1.29, 1.82) is 0 Å². The van der Waals surface area contributed by atoms with E-state index in [1.807, 2.05) is 95.7 Å². The SMILES string of the molecule is O=C(CSc1ccc2ccccc2n1)Nc1cccn2cc(-c3ccccc3)nc12. The molecule has 30 heavy (non-hydrogen) atoms. The number of benzene rings is 2. The number of carbonyl (C=O) groups excluding carboxylic acids is 1. The van der Waals surface area contributed by atoms with Gasteiger partial charge in [-0.1, -0.05) is 66.4 Å². The van der Waals surface area contributed by atoms with E-state index in [9.17, 15) is 4.79 Å². The lowest BCUT2D eigenvalue weighted by molar-refractivity contribution is -0.113. The van der Waals surface area contributed by atoms with Crippen LogP contribution in [0.2, 0.25) is 0 Å². The van der Waals surface area contributed by atoms with Gasteiger partial charge in [-0.15, -0.1) is 0 Å². The van der Waals surface area contributed by atoms with E-state index in [-0.39, 0.29) is 11.7 Å². The first-order valence-electron chi connectivity index (χ1n) is 9.58. The number of pyridine rings is 2. The van der Waals surface area contributed by atoms with Gasteiger partial charge in [-0.25, -0.2) is 9.97 Å². The van der Waals surface area contributed by atoms with Crippen LogP contribution in [0.5, 0.6) is 0 Å². The first kappa shape index (κ1) is 18.4. The molecular weight excluding hydrogens is 392 g/mol. The molecule has 0 aliphatic carbocycles. The molecule has 0 aliphatic heterocycles. The fraction of sp³-hybridized carbons (Fsp3) is 0.0417. The molecule has 0 fully saturated rings. The number of nitrogens with one attached hydrogen (secondary N) is 1. The van der Waals surface area contributed by atoms with E-state index >= 15 is 0 Å². The maximum Gasteiger partial charge on any atom is 0.234 e. The van der Waals surface area contributed by atoms with E-state index in [4.69, 9.17) is 4.98 Å². The van der Waals surface area contributed by atoms with E-state index in [1.54, 1.807) is 0 Å². The van der Waals surface area contributed by atoms with Crippen LogP contribution in [0.4, 0.5) is 5.69 Å². The molecule has 6 heteroatoms. The van der Waals surface area contributed by atoms with Crippen molar-refractivity contribution in [3.63, 3.8) is 0 Å². The summed E-state index contributed by atoms with van der Waals surface area (Å²) in [6.07, 6.45) is 3.90. The number of imidazole rings is 1. The number of hydrogen-bond donors (Lipinski definition) is 1. The summed E-state index contributed by atoms with van der Waals surface area (Å²) in [5.74, 6) is 0.186. The summed E-state index contributed by atoms with van der Waals surface area (Å²) in [6.45, 7) is 0. The van der Waals surface area contributed by atoms with Crippen molar-refractivity contribution in [2.45, 2.75) is 5.03 Å². The smallest absolute Gasteiger partial charge is 0.234 e. The average Bonchev–Trinajstić information content (AvgIpc) is 3.24. The maximum atomic E-state index is 12.6. The number of anilines is 1. The molecule has 3 heterocycles. The average molecular weight is 411 g/mol. The summed E-state index contributed by atoms with van der Waals surface area (Å²) < 4.78 is 1.93. The van der Waals surface area contributed by atoms with Crippen molar-refractivity contribution in [2.75, 3.05) is 11.1 Å². The lowest BCUT2D eigenvalue weighted by Gasteiger charge is -2.06. The molecule has 0 atom stereocenters. The highest BCUT2D eigenvalue weighted by atomic mass is 32.2. The minimum atomic E-state index is -0.0904. The van der Waals surface area contributed by atoms with Crippen molar-refractivity contribution >= 4 is 39.9 Å². The summed E-state index contributed by atoms with van der Waals surface area (Å²) in [7, 11) is 0. The molecular formula is C24H18N4OS. The molecule has 146 valence electrons. The van der Waals surface area contributed by atoms with Crippen LogP contribution in [0, 0.1) is 0 Å². The van der Waals surface area contributed by atoms with Crippen molar-refractivity contribution in [3.8, 4) is 11.3 Å². The number of aromatic nitrogens is 3. The van der Waals surface area contributed by atoms with Gasteiger partial charge in [0.2, 0.25) is 5.91 Å². The minimum Gasteiger partial charge on any atom is -0.322 e. The van der Waals surface area contributed by atoms with Gasteiger partial charge in [0.25, 0.3) is 0 Å². The van der Waals surface area contributed by atoms with E-state index in [1.165, 1.54) is 11.8 Å². The Labute approximate surface area is 177 Å². The van der Waals surface area contributed by atoms with Gasteiger partial charge in [-0.2, -0.15) is 0 Å². The van der Waals surface area contributed by atoms with E-state index in [2.05, 4.69) is 10.3 Å². The number of amides is 1. The van der Waals surface area contributed by atoms with Gasteiger partial charge < -0.3 is 9.72 Å². The second kappa shape index (κ2) is 8.00. The molecule has 5 aromatic rings.